The number of ether oxygens (including phenoxy) is 1. The van der Waals surface area contributed by atoms with E-state index in [4.69, 9.17) is 4.74 Å². The number of benzene rings is 2. The molecular formula is C18H17F2N3O5S. The molecule has 0 unspecified atom stereocenters. The normalized spacial score (nSPS) is 20.6. The Bertz CT molecular complexity index is 1040. The number of nitrogens with zero attached hydrogens (tertiary/aromatic N) is 3. The zero-order valence-corrected chi connectivity index (χ0v) is 15.8. The summed E-state index contributed by atoms with van der Waals surface area (Å²) < 4.78 is 62.5. The van der Waals surface area contributed by atoms with Crippen LogP contribution < -0.4 is 8.61 Å². The monoisotopic (exact) mass is 425 g/mol. The van der Waals surface area contributed by atoms with Crippen molar-refractivity contribution in [2.75, 3.05) is 34.9 Å². The molecule has 2 aromatic rings. The molecule has 8 nitrogen and oxygen atoms in total. The second-order valence-corrected chi connectivity index (χ2v) is 8.29. The molecule has 154 valence electrons. The molecule has 1 fully saturated rings. The van der Waals surface area contributed by atoms with Gasteiger partial charge in [-0.1, -0.05) is 18.2 Å². The van der Waals surface area contributed by atoms with E-state index in [1.807, 2.05) is 0 Å². The number of morpholine rings is 1. The Balaban J connectivity index is 1.74. The minimum atomic E-state index is -4.38. The first-order chi connectivity index (χ1) is 13.8. The second kappa shape index (κ2) is 7.16. The van der Waals surface area contributed by atoms with Crippen molar-refractivity contribution < 1.29 is 31.8 Å². The molecule has 1 saturated heterocycles. The third-order valence-electron chi connectivity index (χ3n) is 4.80. The molecule has 4 rings (SSSR count). The average molecular weight is 425 g/mol. The summed E-state index contributed by atoms with van der Waals surface area (Å²) in [4.78, 5) is 12.4. The van der Waals surface area contributed by atoms with Gasteiger partial charge < -0.3 is 14.7 Å². The maximum absolute atomic E-state index is 14.4. The maximum atomic E-state index is 14.4. The van der Waals surface area contributed by atoms with Crippen LogP contribution in [0, 0.1) is 11.6 Å². The van der Waals surface area contributed by atoms with Gasteiger partial charge in [0.25, 0.3) is 0 Å². The topological polar surface area (TPSA) is 90.4 Å². The second-order valence-electron chi connectivity index (χ2n) is 6.58. The molecule has 0 radical (unpaired) electrons. The van der Waals surface area contributed by atoms with Crippen molar-refractivity contribution in [3.8, 4) is 0 Å². The van der Waals surface area contributed by atoms with E-state index in [9.17, 15) is 27.1 Å². The molecule has 1 atom stereocenters. The first-order valence-electron chi connectivity index (χ1n) is 8.76. The highest BCUT2D eigenvalue weighted by molar-refractivity contribution is 7.95. The highest BCUT2D eigenvalue weighted by Gasteiger charge is 2.44. The zero-order chi connectivity index (χ0) is 20.8. The molecule has 2 aromatic carbocycles. The Morgan fingerprint density at radius 3 is 2.41 bits per heavy atom. The van der Waals surface area contributed by atoms with Crippen molar-refractivity contribution in [2.24, 2.45) is 0 Å². The molecule has 1 N–H and O–H groups in total. The highest BCUT2D eigenvalue weighted by atomic mass is 32.2. The van der Waals surface area contributed by atoms with Crippen molar-refractivity contribution in [1.29, 1.82) is 0 Å². The number of fused-ring (bicyclic) bond motifs is 1. The predicted octanol–water partition coefficient (Wildman–Crippen LogP) is 2.55. The zero-order valence-electron chi connectivity index (χ0n) is 15.0. The van der Waals surface area contributed by atoms with E-state index in [1.165, 1.54) is 12.1 Å². The van der Waals surface area contributed by atoms with Crippen molar-refractivity contribution in [1.82, 2.24) is 4.90 Å². The Kier molecular flexibility index (Phi) is 4.79. The number of para-hydroxylation sites is 3. The van der Waals surface area contributed by atoms with Crippen LogP contribution in [0.1, 0.15) is 0 Å². The number of hydrogen-bond donors (Lipinski definition) is 1. The smallest absolute Gasteiger partial charge is 0.407 e. The van der Waals surface area contributed by atoms with Crippen LogP contribution in [0.2, 0.25) is 0 Å². The van der Waals surface area contributed by atoms with E-state index in [2.05, 4.69) is 0 Å². The Labute approximate surface area is 165 Å². The van der Waals surface area contributed by atoms with E-state index in [-0.39, 0.29) is 37.6 Å². The number of amides is 1. The van der Waals surface area contributed by atoms with Crippen LogP contribution >= 0.6 is 0 Å². The molecular weight excluding hydrogens is 408 g/mol. The fourth-order valence-electron chi connectivity index (χ4n) is 3.49. The van der Waals surface area contributed by atoms with Crippen LogP contribution in [-0.4, -0.2) is 56.9 Å². The molecule has 2 aliphatic heterocycles. The van der Waals surface area contributed by atoms with Crippen LogP contribution in [0.5, 0.6) is 0 Å². The minimum Gasteiger partial charge on any atom is -0.465 e. The van der Waals surface area contributed by atoms with Gasteiger partial charge in [0.05, 0.1) is 37.2 Å². The van der Waals surface area contributed by atoms with Crippen molar-refractivity contribution >= 4 is 33.4 Å². The summed E-state index contributed by atoms with van der Waals surface area (Å²) in [6, 6.07) is 9.24. The van der Waals surface area contributed by atoms with Gasteiger partial charge in [-0.15, -0.1) is 0 Å². The van der Waals surface area contributed by atoms with E-state index in [0.29, 0.717) is 4.31 Å². The highest BCUT2D eigenvalue weighted by Crippen LogP contribution is 2.46. The number of carbonyl (C=O) groups is 1. The SMILES string of the molecule is O=C(O)N1CCO[C@@H](CN2c3ccccc3N(c3c(F)cccc3F)S2(=O)=O)C1. The molecule has 0 saturated carbocycles. The van der Waals surface area contributed by atoms with Gasteiger partial charge in [-0.2, -0.15) is 8.42 Å². The van der Waals surface area contributed by atoms with Gasteiger partial charge in [-0.25, -0.2) is 22.2 Å². The molecule has 2 aliphatic rings. The third-order valence-corrected chi connectivity index (χ3v) is 6.54. The van der Waals surface area contributed by atoms with Gasteiger partial charge in [0, 0.05) is 6.54 Å². The lowest BCUT2D eigenvalue weighted by molar-refractivity contribution is -0.0161. The summed E-state index contributed by atoms with van der Waals surface area (Å²) >= 11 is 0. The third kappa shape index (κ3) is 3.25. The van der Waals surface area contributed by atoms with Crippen molar-refractivity contribution in [3.63, 3.8) is 0 Å². The molecule has 0 spiro atoms. The summed E-state index contributed by atoms with van der Waals surface area (Å²) in [7, 11) is -4.38. The summed E-state index contributed by atoms with van der Waals surface area (Å²) in [6.07, 6.45) is -1.86. The Morgan fingerprint density at radius 2 is 1.76 bits per heavy atom. The largest absolute Gasteiger partial charge is 0.465 e. The first kappa shape index (κ1) is 19.4. The van der Waals surface area contributed by atoms with E-state index >= 15 is 0 Å². The number of hydrogen-bond acceptors (Lipinski definition) is 4. The molecule has 29 heavy (non-hydrogen) atoms. The lowest BCUT2D eigenvalue weighted by Crippen LogP contribution is -2.50. The predicted molar refractivity (Wildman–Crippen MR) is 101 cm³/mol. The molecule has 2 heterocycles. The number of halogens is 2. The van der Waals surface area contributed by atoms with Crippen molar-refractivity contribution in [3.05, 3.63) is 54.1 Å². The van der Waals surface area contributed by atoms with Crippen LogP contribution in [0.25, 0.3) is 0 Å². The fraction of sp³-hybridized carbons (Fsp3) is 0.278. The lowest BCUT2D eigenvalue weighted by atomic mass is 10.2. The van der Waals surface area contributed by atoms with Crippen LogP contribution in [0.3, 0.4) is 0 Å². The van der Waals surface area contributed by atoms with E-state index in [1.54, 1.807) is 12.1 Å². The van der Waals surface area contributed by atoms with E-state index < -0.39 is 39.7 Å². The maximum Gasteiger partial charge on any atom is 0.407 e. The minimum absolute atomic E-state index is 0.0163. The molecule has 0 bridgehead atoms. The van der Waals surface area contributed by atoms with Gasteiger partial charge >= 0.3 is 16.3 Å². The first-order valence-corrected chi connectivity index (χ1v) is 10.2. The summed E-state index contributed by atoms with van der Waals surface area (Å²) in [5.74, 6) is -2.03. The van der Waals surface area contributed by atoms with Gasteiger partial charge in [-0.3, -0.25) is 0 Å². The van der Waals surface area contributed by atoms with Crippen LogP contribution in [-0.2, 0) is 14.9 Å². The number of carboxylic acid groups (broad SMARTS) is 1. The lowest BCUT2D eigenvalue weighted by Gasteiger charge is -2.33. The van der Waals surface area contributed by atoms with E-state index in [0.717, 1.165) is 27.4 Å². The molecule has 0 aromatic heterocycles. The van der Waals surface area contributed by atoms with Crippen LogP contribution in [0.15, 0.2) is 42.5 Å². The Hall–Kier alpha value is -2.92. The van der Waals surface area contributed by atoms with Gasteiger partial charge in [0.1, 0.15) is 5.69 Å². The molecule has 1 amide bonds. The van der Waals surface area contributed by atoms with Gasteiger partial charge in [-0.05, 0) is 24.3 Å². The standard InChI is InChI=1S/C18H17F2N3O5S/c19-13-4-3-5-14(20)17(13)23-16-7-2-1-6-15(16)22(29(23,26)27)11-12-10-21(18(24)25)8-9-28-12/h1-7,12H,8-11H2,(H,24,25)/t12-/m1/s1. The molecule has 0 aliphatic carbocycles. The summed E-state index contributed by atoms with van der Waals surface area (Å²) in [6.45, 7) is 0.0904. The van der Waals surface area contributed by atoms with Gasteiger partial charge in [0.15, 0.2) is 11.6 Å². The Morgan fingerprint density at radius 1 is 1.10 bits per heavy atom. The van der Waals surface area contributed by atoms with Crippen LogP contribution in [0.4, 0.5) is 30.6 Å². The number of anilines is 3. The molecule has 11 heteroatoms. The quantitative estimate of drug-likeness (QED) is 0.816. The average Bonchev–Trinajstić information content (AvgIpc) is 2.90. The van der Waals surface area contributed by atoms with Crippen molar-refractivity contribution in [2.45, 2.75) is 6.10 Å². The van der Waals surface area contributed by atoms with Gasteiger partial charge in [0.2, 0.25) is 0 Å². The number of rotatable bonds is 3. The fourth-order valence-corrected chi connectivity index (χ4v) is 5.26. The summed E-state index contributed by atoms with van der Waals surface area (Å²) in [5.41, 5.74) is -0.368. The summed E-state index contributed by atoms with van der Waals surface area (Å²) in [5, 5.41) is 9.18.